The molecule has 1 aromatic rings. The second-order valence-corrected chi connectivity index (χ2v) is 5.82. The number of hydrogen-bond donors (Lipinski definition) is 2. The van der Waals surface area contributed by atoms with Gasteiger partial charge < -0.3 is 15.8 Å². The fourth-order valence-electron chi connectivity index (χ4n) is 1.46. The molecule has 0 fully saturated rings. The van der Waals surface area contributed by atoms with Gasteiger partial charge in [0.05, 0.1) is 17.7 Å². The Morgan fingerprint density at radius 2 is 2.05 bits per heavy atom. The fraction of sp³-hybridized carbons (Fsp3) is 0.500. The number of nitrogens with two attached hydrogens (primary N) is 1. The van der Waals surface area contributed by atoms with Crippen molar-refractivity contribution in [2.24, 2.45) is 11.1 Å². The Bertz CT molecular complexity index is 459. The maximum absolute atomic E-state index is 12.0. The molecule has 6 heteroatoms. The highest BCUT2D eigenvalue weighted by Gasteiger charge is 2.27. The van der Waals surface area contributed by atoms with Crippen molar-refractivity contribution in [1.29, 1.82) is 0 Å². The second kappa shape index (κ2) is 7.72. The number of amides is 1. The van der Waals surface area contributed by atoms with Gasteiger partial charge in [0.15, 0.2) is 0 Å². The lowest BCUT2D eigenvalue weighted by Crippen LogP contribution is -2.45. The first-order chi connectivity index (χ1) is 8.75. The molecular weight excluding hydrogens is 299 g/mol. The largest absolute Gasteiger partial charge is 0.492 e. The zero-order valence-electron chi connectivity index (χ0n) is 12.2. The van der Waals surface area contributed by atoms with Crippen molar-refractivity contribution in [3.05, 3.63) is 23.2 Å². The van der Waals surface area contributed by atoms with Crippen LogP contribution in [0.15, 0.2) is 18.2 Å². The van der Waals surface area contributed by atoms with Crippen LogP contribution in [0.3, 0.4) is 0 Å². The van der Waals surface area contributed by atoms with Crippen LogP contribution < -0.4 is 15.8 Å². The number of carbonyl (C=O) groups excluding carboxylic acids is 1. The third kappa shape index (κ3) is 5.19. The minimum Gasteiger partial charge on any atom is -0.492 e. The van der Waals surface area contributed by atoms with E-state index in [2.05, 4.69) is 5.32 Å². The molecule has 3 N–H and O–H groups in total. The van der Waals surface area contributed by atoms with E-state index in [-0.39, 0.29) is 23.7 Å². The first kappa shape index (κ1) is 19.0. The topological polar surface area (TPSA) is 64.3 Å². The first-order valence-electron chi connectivity index (χ1n) is 6.24. The van der Waals surface area contributed by atoms with E-state index >= 15 is 0 Å². The van der Waals surface area contributed by atoms with Crippen LogP contribution in [-0.4, -0.2) is 18.6 Å². The minimum atomic E-state index is -0.585. The van der Waals surface area contributed by atoms with Gasteiger partial charge in [-0.3, -0.25) is 4.79 Å². The summed E-state index contributed by atoms with van der Waals surface area (Å²) >= 11 is 6.05. The summed E-state index contributed by atoms with van der Waals surface area (Å²) in [6.07, 6.45) is 0. The third-order valence-electron chi connectivity index (χ3n) is 2.71. The number of halogens is 2. The quantitative estimate of drug-likeness (QED) is 0.892. The lowest BCUT2D eigenvalue weighted by atomic mass is 9.87. The molecule has 4 nitrogen and oxygen atoms in total. The van der Waals surface area contributed by atoms with Gasteiger partial charge in [-0.1, -0.05) is 32.4 Å². The van der Waals surface area contributed by atoms with Gasteiger partial charge in [-0.05, 0) is 30.5 Å². The molecule has 0 bridgehead atoms. The molecule has 1 rings (SSSR count). The normalized spacial score (nSPS) is 12.3. The summed E-state index contributed by atoms with van der Waals surface area (Å²) in [5.41, 5.74) is 6.20. The molecule has 0 aliphatic rings. The Balaban J connectivity index is 0.00000361. The summed E-state index contributed by atoms with van der Waals surface area (Å²) in [7, 11) is 0. The van der Waals surface area contributed by atoms with Gasteiger partial charge in [0, 0.05) is 5.69 Å². The fourth-order valence-corrected chi connectivity index (χ4v) is 1.70. The summed E-state index contributed by atoms with van der Waals surface area (Å²) in [5.74, 6) is 0.370. The lowest BCUT2D eigenvalue weighted by Gasteiger charge is -2.25. The highest BCUT2D eigenvalue weighted by Crippen LogP contribution is 2.28. The van der Waals surface area contributed by atoms with E-state index in [1.807, 2.05) is 27.7 Å². The molecular formula is C14H22Cl2N2O2. The van der Waals surface area contributed by atoms with Gasteiger partial charge in [0.2, 0.25) is 5.91 Å². The van der Waals surface area contributed by atoms with E-state index in [1.165, 1.54) is 0 Å². The van der Waals surface area contributed by atoms with Gasteiger partial charge in [0.1, 0.15) is 5.75 Å². The lowest BCUT2D eigenvalue weighted by molar-refractivity contribution is -0.119. The van der Waals surface area contributed by atoms with Gasteiger partial charge in [-0.15, -0.1) is 12.4 Å². The van der Waals surface area contributed by atoms with Crippen LogP contribution in [0.1, 0.15) is 27.7 Å². The van der Waals surface area contributed by atoms with Crippen molar-refractivity contribution >= 4 is 35.6 Å². The Labute approximate surface area is 131 Å². The van der Waals surface area contributed by atoms with Crippen molar-refractivity contribution < 1.29 is 9.53 Å². The molecule has 114 valence electrons. The van der Waals surface area contributed by atoms with E-state index < -0.39 is 6.04 Å². The van der Waals surface area contributed by atoms with E-state index in [0.29, 0.717) is 23.1 Å². The predicted molar refractivity (Wildman–Crippen MR) is 85.9 cm³/mol. The molecule has 1 atom stereocenters. The van der Waals surface area contributed by atoms with Crippen molar-refractivity contribution in [1.82, 2.24) is 0 Å². The van der Waals surface area contributed by atoms with Gasteiger partial charge >= 0.3 is 0 Å². The van der Waals surface area contributed by atoms with Crippen LogP contribution in [-0.2, 0) is 4.79 Å². The highest BCUT2D eigenvalue weighted by atomic mass is 35.5. The summed E-state index contributed by atoms with van der Waals surface area (Å²) < 4.78 is 5.33. The molecule has 0 aliphatic heterocycles. The Kier molecular flexibility index (Phi) is 7.34. The van der Waals surface area contributed by atoms with Crippen molar-refractivity contribution in [2.75, 3.05) is 11.9 Å². The number of rotatable bonds is 4. The number of nitrogens with one attached hydrogen (secondary N) is 1. The molecule has 0 spiro atoms. The number of hydrogen-bond acceptors (Lipinski definition) is 3. The average Bonchev–Trinajstić information content (AvgIpc) is 2.30. The molecule has 0 aromatic heterocycles. The van der Waals surface area contributed by atoms with Crippen LogP contribution in [0.4, 0.5) is 5.69 Å². The molecule has 1 amide bonds. The van der Waals surface area contributed by atoms with Crippen LogP contribution in [0, 0.1) is 5.41 Å². The first-order valence-corrected chi connectivity index (χ1v) is 6.62. The molecule has 0 saturated heterocycles. The third-order valence-corrected chi connectivity index (χ3v) is 3.01. The minimum absolute atomic E-state index is 0. The van der Waals surface area contributed by atoms with Gasteiger partial charge in [0.25, 0.3) is 0 Å². The van der Waals surface area contributed by atoms with Crippen LogP contribution >= 0.6 is 24.0 Å². The molecule has 0 heterocycles. The number of benzene rings is 1. The van der Waals surface area contributed by atoms with Crippen LogP contribution in [0.25, 0.3) is 0 Å². The smallest absolute Gasteiger partial charge is 0.241 e. The van der Waals surface area contributed by atoms with E-state index in [0.717, 1.165) is 0 Å². The zero-order chi connectivity index (χ0) is 14.6. The number of carbonyl (C=O) groups is 1. The Morgan fingerprint density at radius 3 is 2.50 bits per heavy atom. The monoisotopic (exact) mass is 320 g/mol. The summed E-state index contributed by atoms with van der Waals surface area (Å²) in [6, 6.07) is 4.53. The average molecular weight is 321 g/mol. The SMILES string of the molecule is CCOc1ccc(NC(=O)[C@@H](N)C(C)(C)C)cc1Cl.Cl. The Morgan fingerprint density at radius 1 is 1.45 bits per heavy atom. The molecule has 0 unspecified atom stereocenters. The number of anilines is 1. The molecule has 0 saturated carbocycles. The second-order valence-electron chi connectivity index (χ2n) is 5.41. The van der Waals surface area contributed by atoms with Crippen molar-refractivity contribution in [2.45, 2.75) is 33.7 Å². The maximum Gasteiger partial charge on any atom is 0.241 e. The summed E-state index contributed by atoms with van der Waals surface area (Å²) in [5, 5.41) is 3.22. The number of ether oxygens (including phenoxy) is 1. The van der Waals surface area contributed by atoms with Crippen molar-refractivity contribution in [3.8, 4) is 5.75 Å². The van der Waals surface area contributed by atoms with Gasteiger partial charge in [-0.2, -0.15) is 0 Å². The molecule has 0 radical (unpaired) electrons. The van der Waals surface area contributed by atoms with Gasteiger partial charge in [-0.25, -0.2) is 0 Å². The van der Waals surface area contributed by atoms with E-state index in [4.69, 9.17) is 22.1 Å². The summed E-state index contributed by atoms with van der Waals surface area (Å²) in [6.45, 7) is 8.18. The standard InChI is InChI=1S/C14H21ClN2O2.ClH/c1-5-19-11-7-6-9(8-10(11)15)17-13(18)12(16)14(2,3)4;/h6-8,12H,5,16H2,1-4H3,(H,17,18);1H/t12-;/m1./s1. The zero-order valence-corrected chi connectivity index (χ0v) is 13.8. The van der Waals surface area contributed by atoms with Crippen LogP contribution in [0.2, 0.25) is 5.02 Å². The predicted octanol–water partition coefficient (Wildman–Crippen LogP) is 3.47. The maximum atomic E-state index is 12.0. The molecule has 20 heavy (non-hydrogen) atoms. The van der Waals surface area contributed by atoms with Crippen LogP contribution in [0.5, 0.6) is 5.75 Å². The Hall–Kier alpha value is -0.970. The molecule has 0 aliphatic carbocycles. The van der Waals surface area contributed by atoms with E-state index in [1.54, 1.807) is 18.2 Å². The highest BCUT2D eigenvalue weighted by molar-refractivity contribution is 6.32. The van der Waals surface area contributed by atoms with E-state index in [9.17, 15) is 4.79 Å². The molecule has 1 aromatic carbocycles. The summed E-state index contributed by atoms with van der Waals surface area (Å²) in [4.78, 5) is 12.0. The van der Waals surface area contributed by atoms with Crippen molar-refractivity contribution in [3.63, 3.8) is 0 Å².